The second kappa shape index (κ2) is 4.36. The summed E-state index contributed by atoms with van der Waals surface area (Å²) in [6, 6.07) is 0. The highest BCUT2D eigenvalue weighted by molar-refractivity contribution is 14.1. The van der Waals surface area contributed by atoms with Gasteiger partial charge in [0.2, 0.25) is 0 Å². The van der Waals surface area contributed by atoms with Crippen LogP contribution in [-0.2, 0) is 9.53 Å². The van der Waals surface area contributed by atoms with Crippen molar-refractivity contribution in [3.63, 3.8) is 0 Å². The van der Waals surface area contributed by atoms with Crippen molar-refractivity contribution in [2.24, 2.45) is 0 Å². The van der Waals surface area contributed by atoms with Crippen molar-refractivity contribution in [2.45, 2.75) is 13.3 Å². The summed E-state index contributed by atoms with van der Waals surface area (Å²) in [6.45, 7) is 1.77. The zero-order valence-corrected chi connectivity index (χ0v) is 6.27. The van der Waals surface area contributed by atoms with Crippen LogP contribution in [0.3, 0.4) is 0 Å². The maximum absolute atomic E-state index is 10.2. The molecule has 3 heteroatoms. The average Bonchev–Trinajstić information content (AvgIpc) is 1.68. The Labute approximate surface area is 56.4 Å². The van der Waals surface area contributed by atoms with Gasteiger partial charge in [0.05, 0.1) is 0 Å². The van der Waals surface area contributed by atoms with Gasteiger partial charge in [-0.2, -0.15) is 0 Å². The highest BCUT2D eigenvalue weighted by Gasteiger charge is 1.91. The Balaban J connectivity index is 3.00. The van der Waals surface area contributed by atoms with E-state index < -0.39 is 0 Å². The first kappa shape index (κ1) is 7.20. The summed E-state index contributed by atoms with van der Waals surface area (Å²) in [5.41, 5.74) is 0. The number of hydrogen-bond donors (Lipinski definition) is 0. The van der Waals surface area contributed by atoms with E-state index >= 15 is 0 Å². The smallest absolute Gasteiger partial charge is 0.306 e. The number of rotatable bonds is 2. The Morgan fingerprint density at radius 2 is 2.43 bits per heavy atom. The molecule has 0 unspecified atom stereocenters. The van der Waals surface area contributed by atoms with E-state index in [1.165, 1.54) is 0 Å². The molecule has 0 rings (SSSR count). The Morgan fingerprint density at radius 3 is 2.57 bits per heavy atom. The molecule has 0 amide bonds. The fourth-order valence-corrected chi connectivity index (χ4v) is 0.510. The molecule has 0 saturated heterocycles. The van der Waals surface area contributed by atoms with E-state index in [4.69, 9.17) is 0 Å². The van der Waals surface area contributed by atoms with Crippen molar-refractivity contribution in [3.8, 4) is 0 Å². The first-order chi connectivity index (χ1) is 3.31. The minimum absolute atomic E-state index is 0.130. The van der Waals surface area contributed by atoms with Gasteiger partial charge in [0.25, 0.3) is 0 Å². The van der Waals surface area contributed by atoms with E-state index in [1.807, 2.05) is 22.6 Å². The Hall–Kier alpha value is 0.200. The second-order valence-corrected chi connectivity index (χ2v) is 1.60. The third-order valence-corrected chi connectivity index (χ3v) is 0.816. The Kier molecular flexibility index (Phi) is 4.49. The van der Waals surface area contributed by atoms with Gasteiger partial charge in [-0.25, -0.2) is 0 Å². The lowest BCUT2D eigenvalue weighted by Gasteiger charge is -1.92. The normalized spacial score (nSPS) is 8.29. The molecule has 0 aromatic rings. The molecular formula is C4H7IO2. The molecule has 0 saturated carbocycles. The molecule has 0 spiro atoms. The van der Waals surface area contributed by atoms with Crippen LogP contribution in [0.15, 0.2) is 0 Å². The Morgan fingerprint density at radius 1 is 1.86 bits per heavy atom. The van der Waals surface area contributed by atoms with Crippen LogP contribution in [0.25, 0.3) is 0 Å². The third-order valence-electron chi connectivity index (χ3n) is 0.504. The van der Waals surface area contributed by atoms with Crippen molar-refractivity contribution < 1.29 is 9.53 Å². The van der Waals surface area contributed by atoms with Gasteiger partial charge in [-0.1, -0.05) is 6.92 Å². The molecular weight excluding hydrogens is 207 g/mol. The summed E-state index contributed by atoms with van der Waals surface area (Å²) < 4.78 is 5.00. The van der Waals surface area contributed by atoms with Crippen LogP contribution >= 0.6 is 22.6 Å². The maximum atomic E-state index is 10.2. The van der Waals surface area contributed by atoms with Crippen LogP contribution in [-0.4, -0.2) is 10.6 Å². The van der Waals surface area contributed by atoms with Crippen molar-refractivity contribution in [1.29, 1.82) is 0 Å². The van der Waals surface area contributed by atoms with Gasteiger partial charge in [0, 0.05) is 6.42 Å². The van der Waals surface area contributed by atoms with E-state index in [0.717, 1.165) is 0 Å². The van der Waals surface area contributed by atoms with Crippen LogP contribution in [0.2, 0.25) is 0 Å². The number of carbonyl (C=O) groups is 1. The molecule has 42 valence electrons. The summed E-state index contributed by atoms with van der Waals surface area (Å²) in [5.74, 6) is -0.130. The lowest BCUT2D eigenvalue weighted by Crippen LogP contribution is -1.98. The summed E-state index contributed by atoms with van der Waals surface area (Å²) in [7, 11) is 0. The molecule has 2 nitrogen and oxygen atoms in total. The summed E-state index contributed by atoms with van der Waals surface area (Å²) in [6.07, 6.45) is 0.475. The lowest BCUT2D eigenvalue weighted by atomic mass is 10.5. The van der Waals surface area contributed by atoms with Gasteiger partial charge in [-0.05, 0) is 22.6 Å². The average molecular weight is 214 g/mol. The lowest BCUT2D eigenvalue weighted by molar-refractivity contribution is -0.140. The fraction of sp³-hybridized carbons (Fsp3) is 0.750. The summed E-state index contributed by atoms with van der Waals surface area (Å²) >= 11 is 1.98. The molecule has 0 aliphatic carbocycles. The number of alkyl halides is 1. The van der Waals surface area contributed by atoms with Crippen molar-refractivity contribution in [2.75, 3.05) is 4.61 Å². The summed E-state index contributed by atoms with van der Waals surface area (Å²) in [4.78, 5) is 10.2. The molecule has 0 aromatic heterocycles. The number of carbonyl (C=O) groups excluding carboxylic acids is 1. The second-order valence-electron chi connectivity index (χ2n) is 0.979. The molecule has 0 aliphatic heterocycles. The number of hydrogen-bond acceptors (Lipinski definition) is 2. The van der Waals surface area contributed by atoms with Crippen molar-refractivity contribution in [1.82, 2.24) is 0 Å². The molecule has 0 radical (unpaired) electrons. The molecule has 0 aliphatic rings. The number of ether oxygens (including phenoxy) is 1. The molecule has 7 heavy (non-hydrogen) atoms. The Bertz CT molecular complexity index is 62.7. The monoisotopic (exact) mass is 214 g/mol. The van der Waals surface area contributed by atoms with Crippen LogP contribution in [0.1, 0.15) is 13.3 Å². The number of esters is 1. The largest absolute Gasteiger partial charge is 0.455 e. The predicted octanol–water partition coefficient (Wildman–Crippen LogP) is 1.33. The van der Waals surface area contributed by atoms with Crippen molar-refractivity contribution in [3.05, 3.63) is 0 Å². The zero-order chi connectivity index (χ0) is 5.70. The van der Waals surface area contributed by atoms with Crippen LogP contribution < -0.4 is 0 Å². The minimum Gasteiger partial charge on any atom is -0.455 e. The topological polar surface area (TPSA) is 26.3 Å². The van der Waals surface area contributed by atoms with Crippen LogP contribution in [0.4, 0.5) is 0 Å². The van der Waals surface area contributed by atoms with E-state index in [2.05, 4.69) is 4.74 Å². The van der Waals surface area contributed by atoms with Gasteiger partial charge < -0.3 is 4.74 Å². The molecule has 0 bridgehead atoms. The van der Waals surface area contributed by atoms with Gasteiger partial charge >= 0.3 is 5.97 Å². The molecule has 0 fully saturated rings. The van der Waals surface area contributed by atoms with E-state index in [-0.39, 0.29) is 5.97 Å². The zero-order valence-electron chi connectivity index (χ0n) is 4.11. The fourth-order valence-electron chi connectivity index (χ4n) is 0.163. The first-order valence-electron chi connectivity index (χ1n) is 2.02. The highest BCUT2D eigenvalue weighted by Crippen LogP contribution is 1.87. The SMILES string of the molecule is CCC(=O)OCI. The molecule has 0 atom stereocenters. The standard InChI is InChI=1S/C4H7IO2/c1-2-4(6)7-3-5/h2-3H2,1H3. The van der Waals surface area contributed by atoms with Gasteiger partial charge in [0.15, 0.2) is 0 Å². The van der Waals surface area contributed by atoms with Gasteiger partial charge in [0.1, 0.15) is 4.61 Å². The van der Waals surface area contributed by atoms with Crippen LogP contribution in [0, 0.1) is 0 Å². The highest BCUT2D eigenvalue weighted by atomic mass is 127. The van der Waals surface area contributed by atoms with E-state index in [1.54, 1.807) is 6.92 Å². The van der Waals surface area contributed by atoms with E-state index in [0.29, 0.717) is 11.0 Å². The molecule has 0 aromatic carbocycles. The minimum atomic E-state index is -0.130. The number of halogens is 1. The van der Waals surface area contributed by atoms with E-state index in [9.17, 15) is 4.79 Å². The van der Waals surface area contributed by atoms with Gasteiger partial charge in [-0.15, -0.1) is 0 Å². The molecule has 0 N–H and O–H groups in total. The van der Waals surface area contributed by atoms with Gasteiger partial charge in [-0.3, -0.25) is 4.79 Å². The first-order valence-corrected chi connectivity index (χ1v) is 3.55. The van der Waals surface area contributed by atoms with Crippen LogP contribution in [0.5, 0.6) is 0 Å². The van der Waals surface area contributed by atoms with Crippen molar-refractivity contribution >= 4 is 28.6 Å². The third kappa shape index (κ3) is 4.04. The molecule has 0 heterocycles. The predicted molar refractivity (Wildman–Crippen MR) is 35.3 cm³/mol. The quantitative estimate of drug-likeness (QED) is 0.393. The maximum Gasteiger partial charge on any atom is 0.306 e. The summed E-state index contributed by atoms with van der Waals surface area (Å²) in [5, 5.41) is 0.